The van der Waals surface area contributed by atoms with Crippen molar-refractivity contribution >= 4 is 16.0 Å². The molecule has 1 aliphatic heterocycles. The molecule has 0 aliphatic carbocycles. The van der Waals surface area contributed by atoms with E-state index in [0.717, 1.165) is 31.7 Å². The fraction of sp³-hybridized carbons (Fsp3) is 0.500. The van der Waals surface area contributed by atoms with Gasteiger partial charge < -0.3 is 5.11 Å². The summed E-state index contributed by atoms with van der Waals surface area (Å²) in [6, 6.07) is 2.10. The Kier molecular flexibility index (Phi) is 4.63. The van der Waals surface area contributed by atoms with Gasteiger partial charge in [-0.1, -0.05) is 12.8 Å². The highest BCUT2D eigenvalue weighted by molar-refractivity contribution is 7.89. The van der Waals surface area contributed by atoms with Crippen LogP contribution in [0.25, 0.3) is 0 Å². The Morgan fingerprint density at radius 3 is 2.29 bits per heavy atom. The van der Waals surface area contributed by atoms with E-state index in [0.29, 0.717) is 13.1 Å². The van der Waals surface area contributed by atoms with Crippen LogP contribution in [0.15, 0.2) is 17.0 Å². The van der Waals surface area contributed by atoms with E-state index in [2.05, 4.69) is 0 Å². The number of aryl methyl sites for hydroxylation is 1. The SMILES string of the molecule is Cc1cc(S(=O)(=O)N2CCCCCC2)cc(C(=O)O)c1F. The summed E-state index contributed by atoms with van der Waals surface area (Å²) in [5.41, 5.74) is -0.591. The van der Waals surface area contributed by atoms with Gasteiger partial charge in [-0.05, 0) is 37.5 Å². The van der Waals surface area contributed by atoms with Gasteiger partial charge in [0.2, 0.25) is 10.0 Å². The number of hydrogen-bond acceptors (Lipinski definition) is 3. The molecule has 1 aromatic carbocycles. The molecule has 1 aromatic rings. The monoisotopic (exact) mass is 315 g/mol. The van der Waals surface area contributed by atoms with Gasteiger partial charge in [0.05, 0.1) is 10.5 Å². The molecular weight excluding hydrogens is 297 g/mol. The summed E-state index contributed by atoms with van der Waals surface area (Å²) in [7, 11) is -3.78. The molecule has 1 N–H and O–H groups in total. The molecule has 0 atom stereocenters. The number of nitrogens with zero attached hydrogens (tertiary/aromatic N) is 1. The van der Waals surface area contributed by atoms with E-state index in [1.165, 1.54) is 17.3 Å². The molecule has 1 aliphatic rings. The largest absolute Gasteiger partial charge is 0.478 e. The first-order valence-electron chi connectivity index (χ1n) is 6.87. The summed E-state index contributed by atoms with van der Waals surface area (Å²) < 4.78 is 40.3. The number of rotatable bonds is 3. The minimum absolute atomic E-state index is 0.0169. The lowest BCUT2D eigenvalue weighted by Crippen LogP contribution is -2.32. The quantitative estimate of drug-likeness (QED) is 0.929. The lowest BCUT2D eigenvalue weighted by molar-refractivity contribution is 0.0691. The van der Waals surface area contributed by atoms with Gasteiger partial charge in [0.25, 0.3) is 0 Å². The predicted octanol–water partition coefficient (Wildman–Crippen LogP) is 2.40. The van der Waals surface area contributed by atoms with Crippen LogP contribution in [-0.4, -0.2) is 36.9 Å². The van der Waals surface area contributed by atoms with Crippen LogP contribution in [0.2, 0.25) is 0 Å². The molecular formula is C14H18FNO4S. The Balaban J connectivity index is 2.46. The van der Waals surface area contributed by atoms with Crippen LogP contribution in [0.1, 0.15) is 41.6 Å². The Bertz CT molecular complexity index is 649. The van der Waals surface area contributed by atoms with Crippen molar-refractivity contribution < 1.29 is 22.7 Å². The van der Waals surface area contributed by atoms with Crippen molar-refractivity contribution in [2.24, 2.45) is 0 Å². The molecule has 0 saturated carbocycles. The summed E-state index contributed by atoms with van der Waals surface area (Å²) in [5, 5.41) is 8.99. The van der Waals surface area contributed by atoms with Gasteiger partial charge >= 0.3 is 5.97 Å². The number of hydrogen-bond donors (Lipinski definition) is 1. The molecule has 0 radical (unpaired) electrons. The van der Waals surface area contributed by atoms with Crippen molar-refractivity contribution in [1.29, 1.82) is 0 Å². The van der Waals surface area contributed by atoms with Crippen molar-refractivity contribution in [3.63, 3.8) is 0 Å². The van der Waals surface area contributed by atoms with Gasteiger partial charge in [-0.15, -0.1) is 0 Å². The Morgan fingerprint density at radius 1 is 1.19 bits per heavy atom. The number of carboxylic acid groups (broad SMARTS) is 1. The molecule has 7 heteroatoms. The van der Waals surface area contributed by atoms with Gasteiger partial charge in [-0.25, -0.2) is 17.6 Å². The fourth-order valence-corrected chi connectivity index (χ4v) is 4.10. The highest BCUT2D eigenvalue weighted by Gasteiger charge is 2.27. The Hall–Kier alpha value is -1.47. The highest BCUT2D eigenvalue weighted by Crippen LogP contribution is 2.24. The van der Waals surface area contributed by atoms with Gasteiger partial charge in [0.1, 0.15) is 5.82 Å². The first kappa shape index (κ1) is 15.9. The molecule has 0 spiro atoms. The summed E-state index contributed by atoms with van der Waals surface area (Å²) in [4.78, 5) is 10.9. The van der Waals surface area contributed by atoms with Gasteiger partial charge in [-0.2, -0.15) is 4.31 Å². The van der Waals surface area contributed by atoms with Gasteiger partial charge in [-0.3, -0.25) is 0 Å². The van der Waals surface area contributed by atoms with Crippen LogP contribution in [-0.2, 0) is 10.0 Å². The summed E-state index contributed by atoms with van der Waals surface area (Å²) in [5.74, 6) is -2.36. The topological polar surface area (TPSA) is 74.7 Å². The summed E-state index contributed by atoms with van der Waals surface area (Å²) in [6.07, 6.45) is 3.53. The number of benzene rings is 1. The lowest BCUT2D eigenvalue weighted by Gasteiger charge is -2.20. The van der Waals surface area contributed by atoms with Gasteiger partial charge in [0.15, 0.2) is 0 Å². The van der Waals surface area contributed by atoms with E-state index in [4.69, 9.17) is 5.11 Å². The standard InChI is InChI=1S/C14H18FNO4S/c1-10-8-11(9-12(13(10)15)14(17)18)21(19,20)16-6-4-2-3-5-7-16/h8-9H,2-7H2,1H3,(H,17,18). The van der Waals surface area contributed by atoms with Crippen molar-refractivity contribution in [3.8, 4) is 0 Å². The van der Waals surface area contributed by atoms with E-state index in [1.807, 2.05) is 0 Å². The minimum Gasteiger partial charge on any atom is -0.478 e. The van der Waals surface area contributed by atoms with Gasteiger partial charge in [0, 0.05) is 13.1 Å². The molecule has 0 unspecified atom stereocenters. The number of carboxylic acids is 1. The van der Waals surface area contributed by atoms with E-state index < -0.39 is 27.4 Å². The highest BCUT2D eigenvalue weighted by atomic mass is 32.2. The van der Waals surface area contributed by atoms with Crippen molar-refractivity contribution in [3.05, 3.63) is 29.1 Å². The second kappa shape index (κ2) is 6.11. The summed E-state index contributed by atoms with van der Waals surface area (Å²) in [6.45, 7) is 2.20. The third-order valence-electron chi connectivity index (χ3n) is 3.66. The normalized spacial score (nSPS) is 17.4. The minimum atomic E-state index is -3.78. The molecule has 116 valence electrons. The average Bonchev–Trinajstić information content (AvgIpc) is 2.70. The van der Waals surface area contributed by atoms with Crippen molar-refractivity contribution in [1.82, 2.24) is 4.31 Å². The van der Waals surface area contributed by atoms with Crippen LogP contribution >= 0.6 is 0 Å². The van der Waals surface area contributed by atoms with E-state index in [1.54, 1.807) is 0 Å². The van der Waals surface area contributed by atoms with Crippen molar-refractivity contribution in [2.45, 2.75) is 37.5 Å². The van der Waals surface area contributed by atoms with Crippen LogP contribution in [0.4, 0.5) is 4.39 Å². The number of halogens is 1. The molecule has 1 fully saturated rings. The third kappa shape index (κ3) is 3.24. The maximum Gasteiger partial charge on any atom is 0.338 e. The maximum atomic E-state index is 13.7. The van der Waals surface area contributed by atoms with Crippen molar-refractivity contribution in [2.75, 3.05) is 13.1 Å². The second-order valence-electron chi connectivity index (χ2n) is 5.23. The molecule has 1 heterocycles. The predicted molar refractivity (Wildman–Crippen MR) is 75.3 cm³/mol. The number of carbonyl (C=O) groups is 1. The number of sulfonamides is 1. The zero-order valence-electron chi connectivity index (χ0n) is 11.8. The molecule has 5 nitrogen and oxygen atoms in total. The van der Waals surface area contributed by atoms with Crippen LogP contribution in [0, 0.1) is 12.7 Å². The van der Waals surface area contributed by atoms with E-state index in [-0.39, 0.29) is 10.5 Å². The molecule has 2 rings (SSSR count). The Morgan fingerprint density at radius 2 is 1.76 bits per heavy atom. The number of aromatic carboxylic acids is 1. The smallest absolute Gasteiger partial charge is 0.338 e. The Labute approximate surface area is 123 Å². The molecule has 21 heavy (non-hydrogen) atoms. The van der Waals surface area contributed by atoms with E-state index in [9.17, 15) is 17.6 Å². The third-order valence-corrected chi connectivity index (χ3v) is 5.54. The molecule has 0 amide bonds. The first-order valence-corrected chi connectivity index (χ1v) is 8.31. The average molecular weight is 315 g/mol. The van der Waals surface area contributed by atoms with E-state index >= 15 is 0 Å². The fourth-order valence-electron chi connectivity index (χ4n) is 2.47. The van der Waals surface area contributed by atoms with Crippen LogP contribution in [0.3, 0.4) is 0 Å². The first-order chi connectivity index (χ1) is 9.84. The zero-order chi connectivity index (χ0) is 15.6. The lowest BCUT2D eigenvalue weighted by atomic mass is 10.1. The molecule has 0 aromatic heterocycles. The van der Waals surface area contributed by atoms with Crippen LogP contribution in [0.5, 0.6) is 0 Å². The maximum absolute atomic E-state index is 13.7. The second-order valence-corrected chi connectivity index (χ2v) is 7.16. The molecule has 1 saturated heterocycles. The summed E-state index contributed by atoms with van der Waals surface area (Å²) >= 11 is 0. The zero-order valence-corrected chi connectivity index (χ0v) is 12.6. The van der Waals surface area contributed by atoms with Crippen LogP contribution < -0.4 is 0 Å². The molecule has 0 bridgehead atoms.